The molecule has 0 radical (unpaired) electrons. The van der Waals surface area contributed by atoms with E-state index in [4.69, 9.17) is 0 Å². The fourth-order valence-electron chi connectivity index (χ4n) is 2.27. The predicted octanol–water partition coefficient (Wildman–Crippen LogP) is 2.99. The average molecular weight is 379 g/mol. The summed E-state index contributed by atoms with van der Waals surface area (Å²) in [5.41, 5.74) is 1.86. The third-order valence-electron chi connectivity index (χ3n) is 3.56. The molecule has 0 fully saturated rings. The third-order valence-corrected chi connectivity index (χ3v) is 5.57. The summed E-state index contributed by atoms with van der Waals surface area (Å²) in [7, 11) is 1.63. The summed E-state index contributed by atoms with van der Waals surface area (Å²) in [4.78, 5) is 26.1. The summed E-state index contributed by atoms with van der Waals surface area (Å²) in [5, 5.41) is 11.4. The minimum absolute atomic E-state index is 0.0108. The van der Waals surface area contributed by atoms with Gasteiger partial charge in [-0.3, -0.25) is 9.59 Å². The Kier molecular flexibility index (Phi) is 6.95. The highest BCUT2D eigenvalue weighted by Gasteiger charge is 2.22. The van der Waals surface area contributed by atoms with Gasteiger partial charge in [0.15, 0.2) is 4.34 Å². The number of benzene rings is 1. The standard InChI is InChI=1S/C17H22N4O2S2/c1-5-13-8-6-7-9-14(13)18-15(22)10-21(4)16(23)11(2)24-17-20-19-12(3)25-17/h6-9,11H,5,10H2,1-4H3,(H,18,22). The number of hydrogen-bond donors (Lipinski definition) is 1. The Bertz CT molecular complexity index is 748. The molecule has 134 valence electrons. The number of thioether (sulfide) groups is 1. The number of rotatable bonds is 7. The van der Waals surface area contributed by atoms with E-state index in [0.29, 0.717) is 0 Å². The van der Waals surface area contributed by atoms with Crippen LogP contribution in [0.25, 0.3) is 0 Å². The maximum atomic E-state index is 12.4. The SMILES string of the molecule is CCc1ccccc1NC(=O)CN(C)C(=O)C(C)Sc1nnc(C)s1. The lowest BCUT2D eigenvalue weighted by Crippen LogP contribution is -2.39. The van der Waals surface area contributed by atoms with Crippen molar-refractivity contribution in [2.45, 2.75) is 36.8 Å². The highest BCUT2D eigenvalue weighted by molar-refractivity contribution is 8.02. The third kappa shape index (κ3) is 5.54. The van der Waals surface area contributed by atoms with Crippen molar-refractivity contribution in [2.24, 2.45) is 0 Å². The van der Waals surface area contributed by atoms with Crippen LogP contribution in [0.1, 0.15) is 24.4 Å². The Morgan fingerprint density at radius 1 is 1.32 bits per heavy atom. The molecule has 0 aliphatic rings. The lowest BCUT2D eigenvalue weighted by atomic mass is 10.1. The van der Waals surface area contributed by atoms with Crippen molar-refractivity contribution in [3.8, 4) is 0 Å². The highest BCUT2D eigenvalue weighted by atomic mass is 32.2. The number of anilines is 1. The van der Waals surface area contributed by atoms with E-state index in [1.54, 1.807) is 7.05 Å². The molecule has 0 aliphatic carbocycles. The van der Waals surface area contributed by atoms with Crippen LogP contribution in [0.5, 0.6) is 0 Å². The molecule has 0 bridgehead atoms. The van der Waals surface area contributed by atoms with Gasteiger partial charge in [-0.25, -0.2) is 0 Å². The fourth-order valence-corrected chi connectivity index (χ4v) is 4.35. The van der Waals surface area contributed by atoms with Gasteiger partial charge in [0, 0.05) is 12.7 Å². The lowest BCUT2D eigenvalue weighted by Gasteiger charge is -2.20. The summed E-state index contributed by atoms with van der Waals surface area (Å²) < 4.78 is 0.757. The van der Waals surface area contributed by atoms with Crippen molar-refractivity contribution in [1.29, 1.82) is 0 Å². The number of para-hydroxylation sites is 1. The Labute approximate surface area is 156 Å². The molecule has 1 unspecified atom stereocenters. The predicted molar refractivity (Wildman–Crippen MR) is 102 cm³/mol. The van der Waals surface area contributed by atoms with E-state index in [1.165, 1.54) is 28.0 Å². The zero-order chi connectivity index (χ0) is 18.4. The van der Waals surface area contributed by atoms with Gasteiger partial charge in [-0.15, -0.1) is 10.2 Å². The van der Waals surface area contributed by atoms with Gasteiger partial charge in [-0.2, -0.15) is 0 Å². The van der Waals surface area contributed by atoms with Gasteiger partial charge in [0.2, 0.25) is 11.8 Å². The zero-order valence-corrected chi connectivity index (χ0v) is 16.4. The maximum Gasteiger partial charge on any atom is 0.243 e. The van der Waals surface area contributed by atoms with Crippen LogP contribution in [0.2, 0.25) is 0 Å². The van der Waals surface area contributed by atoms with E-state index < -0.39 is 0 Å². The normalized spacial score (nSPS) is 11.8. The average Bonchev–Trinajstić information content (AvgIpc) is 2.99. The van der Waals surface area contributed by atoms with E-state index >= 15 is 0 Å². The fraction of sp³-hybridized carbons (Fsp3) is 0.412. The molecule has 0 saturated carbocycles. The second-order valence-corrected chi connectivity index (χ2v) is 8.37. The molecule has 6 nitrogen and oxygen atoms in total. The second kappa shape index (κ2) is 8.96. The monoisotopic (exact) mass is 378 g/mol. The van der Waals surface area contributed by atoms with Crippen molar-refractivity contribution in [3.05, 3.63) is 34.8 Å². The number of carbonyl (C=O) groups excluding carboxylic acids is 2. The Balaban J connectivity index is 1.90. The molecule has 0 aliphatic heterocycles. The van der Waals surface area contributed by atoms with E-state index in [-0.39, 0.29) is 23.6 Å². The highest BCUT2D eigenvalue weighted by Crippen LogP contribution is 2.27. The molecule has 1 aromatic heterocycles. The van der Waals surface area contributed by atoms with Gasteiger partial charge in [-0.1, -0.05) is 48.2 Å². The van der Waals surface area contributed by atoms with Crippen LogP contribution < -0.4 is 5.32 Å². The van der Waals surface area contributed by atoms with Crippen LogP contribution in [0.15, 0.2) is 28.6 Å². The molecular weight excluding hydrogens is 356 g/mol. The van der Waals surface area contributed by atoms with E-state index in [2.05, 4.69) is 15.5 Å². The van der Waals surface area contributed by atoms with Crippen molar-refractivity contribution < 1.29 is 9.59 Å². The summed E-state index contributed by atoms with van der Waals surface area (Å²) in [5.74, 6) is -0.322. The first-order chi connectivity index (χ1) is 11.9. The maximum absolute atomic E-state index is 12.4. The first-order valence-corrected chi connectivity index (χ1v) is 9.69. The number of likely N-dealkylation sites (N-methyl/N-ethyl adjacent to an activating group) is 1. The molecule has 25 heavy (non-hydrogen) atoms. The second-order valence-electron chi connectivity index (χ2n) is 5.60. The van der Waals surface area contributed by atoms with E-state index in [9.17, 15) is 9.59 Å². The minimum Gasteiger partial charge on any atom is -0.335 e. The molecule has 1 N–H and O–H groups in total. The van der Waals surface area contributed by atoms with Crippen molar-refractivity contribution >= 4 is 40.6 Å². The van der Waals surface area contributed by atoms with Gasteiger partial charge in [0.05, 0.1) is 11.8 Å². The van der Waals surface area contributed by atoms with Crippen LogP contribution in [0, 0.1) is 6.92 Å². The summed E-state index contributed by atoms with van der Waals surface area (Å²) in [6.45, 7) is 5.73. The van der Waals surface area contributed by atoms with Crippen molar-refractivity contribution in [3.63, 3.8) is 0 Å². The number of hydrogen-bond acceptors (Lipinski definition) is 6. The Hall–Kier alpha value is -1.93. The summed E-state index contributed by atoms with van der Waals surface area (Å²) in [6, 6.07) is 7.67. The van der Waals surface area contributed by atoms with Crippen LogP contribution >= 0.6 is 23.1 Å². The molecule has 2 rings (SSSR count). The van der Waals surface area contributed by atoms with Crippen LogP contribution in [-0.2, 0) is 16.0 Å². The molecule has 1 heterocycles. The largest absolute Gasteiger partial charge is 0.335 e. The Morgan fingerprint density at radius 2 is 2.04 bits per heavy atom. The number of nitrogens with one attached hydrogen (secondary N) is 1. The first-order valence-electron chi connectivity index (χ1n) is 8.00. The summed E-state index contributed by atoms with van der Waals surface area (Å²) in [6.07, 6.45) is 0.833. The minimum atomic E-state index is -0.326. The van der Waals surface area contributed by atoms with E-state index in [1.807, 2.05) is 45.0 Å². The van der Waals surface area contributed by atoms with Crippen molar-refractivity contribution in [2.75, 3.05) is 18.9 Å². The molecule has 1 aromatic carbocycles. The number of nitrogens with zero attached hydrogens (tertiary/aromatic N) is 3. The van der Waals surface area contributed by atoms with E-state index in [0.717, 1.165) is 27.0 Å². The topological polar surface area (TPSA) is 75.2 Å². The Morgan fingerprint density at radius 3 is 2.68 bits per heavy atom. The number of amides is 2. The molecule has 2 aromatic rings. The number of aromatic nitrogens is 2. The number of aryl methyl sites for hydroxylation is 2. The van der Waals surface area contributed by atoms with Crippen molar-refractivity contribution in [1.82, 2.24) is 15.1 Å². The lowest BCUT2D eigenvalue weighted by molar-refractivity contribution is -0.132. The number of carbonyl (C=O) groups is 2. The molecule has 0 spiro atoms. The van der Waals surface area contributed by atoms with Crippen LogP contribution in [0.3, 0.4) is 0 Å². The quantitative estimate of drug-likeness (QED) is 0.750. The van der Waals surface area contributed by atoms with Crippen LogP contribution in [-0.4, -0.2) is 45.8 Å². The summed E-state index contributed by atoms with van der Waals surface area (Å²) >= 11 is 2.82. The van der Waals surface area contributed by atoms with Gasteiger partial charge in [-0.05, 0) is 31.9 Å². The molecule has 2 amide bonds. The zero-order valence-electron chi connectivity index (χ0n) is 14.8. The molecule has 1 atom stereocenters. The van der Waals surface area contributed by atoms with Gasteiger partial charge in [0.1, 0.15) is 5.01 Å². The first kappa shape index (κ1) is 19.4. The van der Waals surface area contributed by atoms with Crippen LogP contribution in [0.4, 0.5) is 5.69 Å². The smallest absolute Gasteiger partial charge is 0.243 e. The molecule has 8 heteroatoms. The van der Waals surface area contributed by atoms with Gasteiger partial charge >= 0.3 is 0 Å². The van der Waals surface area contributed by atoms with Gasteiger partial charge < -0.3 is 10.2 Å². The molecule has 0 saturated heterocycles. The van der Waals surface area contributed by atoms with Gasteiger partial charge in [0.25, 0.3) is 0 Å². The molecular formula is C17H22N4O2S2.